The van der Waals surface area contributed by atoms with Gasteiger partial charge in [0.05, 0.1) is 0 Å². The minimum absolute atomic E-state index is 0.0224. The molecule has 0 N–H and O–H groups in total. The first-order valence-electron chi connectivity index (χ1n) is 11.6. The Hall–Kier alpha value is -2.86. The molecule has 0 unspecified atom stereocenters. The van der Waals surface area contributed by atoms with Crippen LogP contribution in [0.3, 0.4) is 0 Å². The molecule has 1 aliphatic carbocycles. The predicted molar refractivity (Wildman–Crippen MR) is 135 cm³/mol. The van der Waals surface area contributed by atoms with Crippen molar-refractivity contribution >= 4 is 10.8 Å². The molecule has 0 atom stereocenters. The molecular weight excluding hydrogens is 372 g/mol. The summed E-state index contributed by atoms with van der Waals surface area (Å²) in [5, 5.41) is 2.64. The van der Waals surface area contributed by atoms with E-state index >= 15 is 0 Å². The molecule has 0 saturated heterocycles. The minimum atomic E-state index is 0.0224. The quantitative estimate of drug-likeness (QED) is 0.319. The van der Waals surface area contributed by atoms with Crippen molar-refractivity contribution in [3.05, 3.63) is 95.1 Å². The normalized spacial score (nSPS) is 14.3. The van der Waals surface area contributed by atoms with Crippen LogP contribution in [0.5, 0.6) is 0 Å². The molecule has 0 radical (unpaired) electrons. The maximum atomic E-state index is 2.43. The summed E-state index contributed by atoms with van der Waals surface area (Å²) in [5.74, 6) is 1.11. The van der Waals surface area contributed by atoms with E-state index in [0.29, 0.717) is 11.8 Å². The molecule has 0 aliphatic heterocycles. The number of hydrogen-bond acceptors (Lipinski definition) is 0. The molecule has 4 aromatic rings. The van der Waals surface area contributed by atoms with Gasteiger partial charge in [0.2, 0.25) is 0 Å². The first-order chi connectivity index (χ1) is 14.8. The Labute approximate surface area is 187 Å². The minimum Gasteiger partial charge on any atom is -0.0587 e. The summed E-state index contributed by atoms with van der Waals surface area (Å²) in [6.07, 6.45) is 0. The van der Waals surface area contributed by atoms with Crippen molar-refractivity contribution in [2.45, 2.75) is 58.8 Å². The number of fused-ring (bicyclic) bond motifs is 4. The second-order valence-electron chi connectivity index (χ2n) is 10.3. The number of rotatable bonds is 3. The zero-order chi connectivity index (χ0) is 21.9. The van der Waals surface area contributed by atoms with Gasteiger partial charge in [-0.1, -0.05) is 102 Å². The van der Waals surface area contributed by atoms with Crippen LogP contribution in [0.25, 0.3) is 33.0 Å². The van der Waals surface area contributed by atoms with Gasteiger partial charge in [0.25, 0.3) is 0 Å². The highest BCUT2D eigenvalue weighted by atomic mass is 14.4. The molecule has 1 aliphatic rings. The first-order valence-corrected chi connectivity index (χ1v) is 11.6. The van der Waals surface area contributed by atoms with Gasteiger partial charge in [-0.3, -0.25) is 0 Å². The second kappa shape index (κ2) is 7.09. The Balaban J connectivity index is 1.59. The van der Waals surface area contributed by atoms with Crippen LogP contribution in [0.2, 0.25) is 0 Å². The molecule has 0 heterocycles. The Kier molecular flexibility index (Phi) is 4.59. The Morgan fingerprint density at radius 2 is 1.00 bits per heavy atom. The van der Waals surface area contributed by atoms with Crippen LogP contribution in [0.4, 0.5) is 0 Å². The Morgan fingerprint density at radius 1 is 0.516 bits per heavy atom. The fourth-order valence-corrected chi connectivity index (χ4v) is 5.10. The van der Waals surface area contributed by atoms with Gasteiger partial charge in [0.15, 0.2) is 0 Å². The lowest BCUT2D eigenvalue weighted by Gasteiger charge is -2.23. The molecule has 0 heteroatoms. The summed E-state index contributed by atoms with van der Waals surface area (Å²) < 4.78 is 0. The zero-order valence-corrected chi connectivity index (χ0v) is 19.6. The van der Waals surface area contributed by atoms with E-state index in [9.17, 15) is 0 Å². The summed E-state index contributed by atoms with van der Waals surface area (Å²) in [6.45, 7) is 13.8. The average Bonchev–Trinajstić information content (AvgIpc) is 2.99. The molecule has 0 aromatic heterocycles. The molecule has 0 fully saturated rings. The Morgan fingerprint density at radius 3 is 1.71 bits per heavy atom. The fraction of sp³-hybridized carbons (Fsp3) is 0.290. The standard InChI is InChI=1S/C31H32/c1-19(2)21-7-8-24-16-25(10-9-23(24)15-21)26-12-14-28-27-13-11-22(20(3)4)17-29(27)31(5,6)30(28)18-26/h7-20H,1-6H3. The van der Waals surface area contributed by atoms with E-state index in [1.807, 2.05) is 0 Å². The van der Waals surface area contributed by atoms with Gasteiger partial charge >= 0.3 is 0 Å². The summed E-state index contributed by atoms with van der Waals surface area (Å²) in [6, 6.07) is 27.9. The Bertz CT molecular complexity index is 1300. The van der Waals surface area contributed by atoms with Crippen molar-refractivity contribution in [2.75, 3.05) is 0 Å². The molecule has 31 heavy (non-hydrogen) atoms. The highest BCUT2D eigenvalue weighted by Gasteiger charge is 2.35. The van der Waals surface area contributed by atoms with Crippen LogP contribution in [-0.2, 0) is 5.41 Å². The van der Waals surface area contributed by atoms with Crippen molar-refractivity contribution in [3.63, 3.8) is 0 Å². The SMILES string of the molecule is CC(C)c1ccc2c(c1)C(C)(C)c1cc(-c3ccc4cc(C(C)C)ccc4c3)ccc1-2. The third-order valence-corrected chi connectivity index (χ3v) is 7.23. The van der Waals surface area contributed by atoms with E-state index in [-0.39, 0.29) is 5.41 Å². The van der Waals surface area contributed by atoms with Crippen LogP contribution in [0.1, 0.15) is 75.6 Å². The van der Waals surface area contributed by atoms with Crippen LogP contribution in [0.15, 0.2) is 72.8 Å². The van der Waals surface area contributed by atoms with Crippen LogP contribution < -0.4 is 0 Å². The maximum absolute atomic E-state index is 2.43. The molecule has 5 rings (SSSR count). The molecule has 0 saturated carbocycles. The number of hydrogen-bond donors (Lipinski definition) is 0. The summed E-state index contributed by atoms with van der Waals surface area (Å²) in [4.78, 5) is 0. The topological polar surface area (TPSA) is 0 Å². The van der Waals surface area contributed by atoms with Crippen LogP contribution in [-0.4, -0.2) is 0 Å². The molecule has 0 amide bonds. The van der Waals surface area contributed by atoms with Crippen LogP contribution in [0, 0.1) is 0 Å². The lowest BCUT2D eigenvalue weighted by atomic mass is 9.80. The third kappa shape index (κ3) is 3.21. The van der Waals surface area contributed by atoms with Crippen molar-refractivity contribution in [1.82, 2.24) is 0 Å². The smallest absolute Gasteiger partial charge is 0.0159 e. The molecule has 156 valence electrons. The predicted octanol–water partition coefficient (Wildman–Crippen LogP) is 9.06. The lowest BCUT2D eigenvalue weighted by Crippen LogP contribution is -2.15. The van der Waals surface area contributed by atoms with Crippen molar-refractivity contribution in [1.29, 1.82) is 0 Å². The zero-order valence-electron chi connectivity index (χ0n) is 19.6. The van der Waals surface area contributed by atoms with Gasteiger partial charge in [-0.05, 0) is 79.2 Å². The second-order valence-corrected chi connectivity index (χ2v) is 10.3. The largest absolute Gasteiger partial charge is 0.0587 e. The van der Waals surface area contributed by atoms with E-state index in [1.165, 1.54) is 55.3 Å². The summed E-state index contributed by atoms with van der Waals surface area (Å²) in [5.41, 5.74) is 11.1. The van der Waals surface area contributed by atoms with Crippen molar-refractivity contribution in [3.8, 4) is 22.3 Å². The molecular formula is C31H32. The van der Waals surface area contributed by atoms with Gasteiger partial charge in [-0.2, -0.15) is 0 Å². The van der Waals surface area contributed by atoms with Crippen molar-refractivity contribution in [2.24, 2.45) is 0 Å². The van der Waals surface area contributed by atoms with E-state index in [1.54, 1.807) is 0 Å². The highest BCUT2D eigenvalue weighted by Crippen LogP contribution is 2.50. The van der Waals surface area contributed by atoms with E-state index < -0.39 is 0 Å². The third-order valence-electron chi connectivity index (χ3n) is 7.23. The fourth-order valence-electron chi connectivity index (χ4n) is 5.10. The monoisotopic (exact) mass is 404 g/mol. The van der Waals surface area contributed by atoms with E-state index in [0.717, 1.165) is 0 Å². The van der Waals surface area contributed by atoms with E-state index in [4.69, 9.17) is 0 Å². The molecule has 0 bridgehead atoms. The van der Waals surface area contributed by atoms with Crippen LogP contribution >= 0.6 is 0 Å². The summed E-state index contributed by atoms with van der Waals surface area (Å²) >= 11 is 0. The maximum Gasteiger partial charge on any atom is 0.0159 e. The van der Waals surface area contributed by atoms with Gasteiger partial charge in [-0.15, -0.1) is 0 Å². The first kappa shape index (κ1) is 20.1. The van der Waals surface area contributed by atoms with Crippen molar-refractivity contribution < 1.29 is 0 Å². The molecule has 0 spiro atoms. The van der Waals surface area contributed by atoms with Gasteiger partial charge in [0, 0.05) is 5.41 Å². The van der Waals surface area contributed by atoms with Gasteiger partial charge in [0.1, 0.15) is 0 Å². The number of benzene rings is 4. The van der Waals surface area contributed by atoms with Gasteiger partial charge < -0.3 is 0 Å². The highest BCUT2D eigenvalue weighted by molar-refractivity contribution is 5.89. The summed E-state index contributed by atoms with van der Waals surface area (Å²) in [7, 11) is 0. The van der Waals surface area contributed by atoms with Gasteiger partial charge in [-0.25, -0.2) is 0 Å². The molecule has 4 aromatic carbocycles. The lowest BCUT2D eigenvalue weighted by molar-refractivity contribution is 0.658. The average molecular weight is 405 g/mol. The molecule has 0 nitrogen and oxygen atoms in total. The van der Waals surface area contributed by atoms with E-state index in [2.05, 4.69) is 114 Å².